The standard InChI is InChI=1S/C25H20I2N2O2S/c1-2-16-5-10-20(11-6-16)28-25-29-24(30)23(32-25)14-18-7-12-22(21(27)13-18)31-15-17-3-8-19(26)9-4-17/h3-14H,2,15H2,1H3,(H,28,29,30)/b23-14-. The van der Waals surface area contributed by atoms with Gasteiger partial charge in [-0.15, -0.1) is 0 Å². The van der Waals surface area contributed by atoms with Crippen LogP contribution in [0.4, 0.5) is 5.69 Å². The maximum absolute atomic E-state index is 12.4. The molecular formula is C25H20I2N2O2S. The Morgan fingerprint density at radius 2 is 1.72 bits per heavy atom. The minimum atomic E-state index is -0.132. The summed E-state index contributed by atoms with van der Waals surface area (Å²) in [4.78, 5) is 17.6. The molecule has 0 aliphatic carbocycles. The average molecular weight is 666 g/mol. The lowest BCUT2D eigenvalue weighted by molar-refractivity contribution is -0.115. The summed E-state index contributed by atoms with van der Waals surface area (Å²) in [5, 5.41) is 3.44. The van der Waals surface area contributed by atoms with Gasteiger partial charge >= 0.3 is 0 Å². The number of thioether (sulfide) groups is 1. The number of aryl methyl sites for hydroxylation is 1. The van der Waals surface area contributed by atoms with Crippen LogP contribution < -0.4 is 10.1 Å². The second-order valence-electron chi connectivity index (χ2n) is 7.11. The first-order valence-electron chi connectivity index (χ1n) is 10.1. The molecule has 1 N–H and O–H groups in total. The fourth-order valence-electron chi connectivity index (χ4n) is 3.02. The number of rotatable bonds is 6. The third-order valence-corrected chi connectivity index (χ3v) is 7.26. The monoisotopic (exact) mass is 666 g/mol. The van der Waals surface area contributed by atoms with E-state index in [1.165, 1.54) is 20.9 Å². The Kier molecular flexibility index (Phi) is 7.90. The molecule has 3 aromatic carbocycles. The number of benzene rings is 3. The maximum atomic E-state index is 12.4. The predicted octanol–water partition coefficient (Wildman–Crippen LogP) is 6.93. The molecule has 7 heteroatoms. The van der Waals surface area contributed by atoms with E-state index in [-0.39, 0.29) is 5.91 Å². The second kappa shape index (κ2) is 10.8. The van der Waals surface area contributed by atoms with Crippen molar-refractivity contribution in [3.8, 4) is 5.75 Å². The zero-order chi connectivity index (χ0) is 22.5. The quantitative estimate of drug-likeness (QED) is 0.230. The molecule has 0 aromatic heterocycles. The average Bonchev–Trinajstić information content (AvgIpc) is 3.13. The van der Waals surface area contributed by atoms with Gasteiger partial charge in [0, 0.05) is 3.57 Å². The molecular weight excluding hydrogens is 646 g/mol. The molecule has 0 radical (unpaired) electrons. The van der Waals surface area contributed by atoms with Gasteiger partial charge in [0.25, 0.3) is 5.91 Å². The number of aliphatic imine (C=N–C) groups is 1. The molecule has 0 atom stereocenters. The first-order chi connectivity index (χ1) is 15.5. The van der Waals surface area contributed by atoms with E-state index in [0.29, 0.717) is 16.7 Å². The van der Waals surface area contributed by atoms with Crippen molar-refractivity contribution in [1.29, 1.82) is 0 Å². The zero-order valence-corrected chi connectivity index (χ0v) is 22.4. The number of carbonyl (C=O) groups excluding carboxylic acids is 1. The Morgan fingerprint density at radius 1 is 1.00 bits per heavy atom. The lowest BCUT2D eigenvalue weighted by Crippen LogP contribution is -2.19. The number of nitrogens with one attached hydrogen (secondary N) is 1. The topological polar surface area (TPSA) is 50.7 Å². The number of carbonyl (C=O) groups is 1. The molecule has 3 aromatic rings. The Labute approximate surface area is 219 Å². The third kappa shape index (κ3) is 6.14. The van der Waals surface area contributed by atoms with E-state index in [4.69, 9.17) is 4.74 Å². The Morgan fingerprint density at radius 3 is 2.41 bits per heavy atom. The molecule has 1 fully saturated rings. The van der Waals surface area contributed by atoms with Crippen molar-refractivity contribution in [3.05, 3.63) is 95.5 Å². The molecule has 32 heavy (non-hydrogen) atoms. The van der Waals surface area contributed by atoms with Gasteiger partial charge in [-0.1, -0.05) is 37.3 Å². The molecule has 0 bridgehead atoms. The van der Waals surface area contributed by atoms with Crippen LogP contribution in [0.15, 0.2) is 76.6 Å². The van der Waals surface area contributed by atoms with Crippen molar-refractivity contribution in [3.63, 3.8) is 0 Å². The lowest BCUT2D eigenvalue weighted by atomic mass is 10.2. The van der Waals surface area contributed by atoms with E-state index in [0.717, 1.165) is 32.6 Å². The molecule has 1 heterocycles. The van der Waals surface area contributed by atoms with Crippen molar-refractivity contribution >= 4 is 79.8 Å². The Hall–Kier alpha value is -1.85. The van der Waals surface area contributed by atoms with E-state index in [1.807, 2.05) is 36.4 Å². The number of amidine groups is 1. The lowest BCUT2D eigenvalue weighted by Gasteiger charge is -2.09. The second-order valence-corrected chi connectivity index (χ2v) is 10.5. The van der Waals surface area contributed by atoms with Crippen LogP contribution in [0.1, 0.15) is 23.6 Å². The maximum Gasteiger partial charge on any atom is 0.264 e. The number of nitrogens with zero attached hydrogens (tertiary/aromatic N) is 1. The summed E-state index contributed by atoms with van der Waals surface area (Å²) in [5.74, 6) is 0.695. The van der Waals surface area contributed by atoms with Gasteiger partial charge in [-0.25, -0.2) is 4.99 Å². The van der Waals surface area contributed by atoms with E-state index < -0.39 is 0 Å². The molecule has 4 rings (SSSR count). The molecule has 1 aliphatic rings. The molecule has 162 valence electrons. The molecule has 4 nitrogen and oxygen atoms in total. The van der Waals surface area contributed by atoms with Crippen LogP contribution in [0.5, 0.6) is 5.75 Å². The largest absolute Gasteiger partial charge is 0.488 e. The molecule has 1 saturated heterocycles. The first kappa shape index (κ1) is 23.3. The van der Waals surface area contributed by atoms with Gasteiger partial charge in [-0.05, 0) is 123 Å². The smallest absolute Gasteiger partial charge is 0.264 e. The minimum Gasteiger partial charge on any atom is -0.488 e. The highest BCUT2D eigenvalue weighted by molar-refractivity contribution is 14.1. The van der Waals surface area contributed by atoms with Crippen molar-refractivity contribution in [2.45, 2.75) is 20.0 Å². The SMILES string of the molecule is CCc1ccc(N=C2NC(=O)/C(=C/c3ccc(OCc4ccc(I)cc4)c(I)c3)S2)cc1. The third-order valence-electron chi connectivity index (χ3n) is 4.79. The minimum absolute atomic E-state index is 0.132. The number of ether oxygens (including phenoxy) is 1. The molecule has 0 spiro atoms. The van der Waals surface area contributed by atoms with Crippen molar-refractivity contribution in [2.75, 3.05) is 0 Å². The van der Waals surface area contributed by atoms with E-state index in [2.05, 4.69) is 98.8 Å². The van der Waals surface area contributed by atoms with Crippen LogP contribution in [0.25, 0.3) is 6.08 Å². The summed E-state index contributed by atoms with van der Waals surface area (Å²) >= 11 is 5.91. The summed E-state index contributed by atoms with van der Waals surface area (Å²) in [6.07, 6.45) is 2.87. The number of hydrogen-bond acceptors (Lipinski definition) is 4. The predicted molar refractivity (Wildman–Crippen MR) is 149 cm³/mol. The van der Waals surface area contributed by atoms with Crippen LogP contribution in [-0.2, 0) is 17.8 Å². The highest BCUT2D eigenvalue weighted by Crippen LogP contribution is 2.30. The van der Waals surface area contributed by atoms with Gasteiger partial charge in [0.2, 0.25) is 0 Å². The van der Waals surface area contributed by atoms with E-state index in [9.17, 15) is 4.79 Å². The van der Waals surface area contributed by atoms with Crippen LogP contribution in [-0.4, -0.2) is 11.1 Å². The first-order valence-corrected chi connectivity index (χ1v) is 13.0. The van der Waals surface area contributed by atoms with Gasteiger partial charge in [0.05, 0.1) is 14.2 Å². The molecule has 0 unspecified atom stereocenters. The molecule has 1 aliphatic heterocycles. The van der Waals surface area contributed by atoms with Crippen molar-refractivity contribution < 1.29 is 9.53 Å². The number of hydrogen-bond donors (Lipinski definition) is 1. The highest BCUT2D eigenvalue weighted by Gasteiger charge is 2.23. The van der Waals surface area contributed by atoms with Crippen LogP contribution in [0.3, 0.4) is 0 Å². The summed E-state index contributed by atoms with van der Waals surface area (Å²) in [6.45, 7) is 2.64. The fourth-order valence-corrected chi connectivity index (χ4v) is 4.92. The normalized spacial score (nSPS) is 15.9. The zero-order valence-electron chi connectivity index (χ0n) is 17.3. The molecule has 1 amide bonds. The van der Waals surface area contributed by atoms with Gasteiger partial charge in [-0.2, -0.15) is 0 Å². The van der Waals surface area contributed by atoms with Crippen molar-refractivity contribution in [2.24, 2.45) is 4.99 Å². The Bertz CT molecular complexity index is 1190. The summed E-state index contributed by atoms with van der Waals surface area (Å²) < 4.78 is 8.17. The van der Waals surface area contributed by atoms with Gasteiger partial charge in [0.15, 0.2) is 5.17 Å². The highest BCUT2D eigenvalue weighted by atomic mass is 127. The van der Waals surface area contributed by atoms with Gasteiger partial charge in [-0.3, -0.25) is 4.79 Å². The summed E-state index contributed by atoms with van der Waals surface area (Å²) in [7, 11) is 0. The van der Waals surface area contributed by atoms with E-state index in [1.54, 1.807) is 0 Å². The van der Waals surface area contributed by atoms with Crippen LogP contribution in [0, 0.1) is 7.14 Å². The summed E-state index contributed by atoms with van der Waals surface area (Å²) in [5.41, 5.74) is 4.17. The summed E-state index contributed by atoms with van der Waals surface area (Å²) in [6, 6.07) is 22.3. The van der Waals surface area contributed by atoms with E-state index >= 15 is 0 Å². The van der Waals surface area contributed by atoms with Crippen LogP contribution >= 0.6 is 56.9 Å². The van der Waals surface area contributed by atoms with Gasteiger partial charge in [0.1, 0.15) is 12.4 Å². The fraction of sp³-hybridized carbons (Fsp3) is 0.120. The number of halogens is 2. The van der Waals surface area contributed by atoms with Crippen LogP contribution in [0.2, 0.25) is 0 Å². The molecule has 0 saturated carbocycles. The van der Waals surface area contributed by atoms with Gasteiger partial charge < -0.3 is 10.1 Å². The number of amides is 1. The Balaban J connectivity index is 1.43. The van der Waals surface area contributed by atoms with Crippen molar-refractivity contribution in [1.82, 2.24) is 5.32 Å².